The van der Waals surface area contributed by atoms with Gasteiger partial charge in [0.1, 0.15) is 0 Å². The number of ether oxygens (including phenoxy) is 1. The first kappa shape index (κ1) is 15.3. The van der Waals surface area contributed by atoms with Crippen molar-refractivity contribution in [1.29, 1.82) is 0 Å². The predicted octanol–water partition coefficient (Wildman–Crippen LogP) is 5.00. The Kier molecular flexibility index (Phi) is 4.53. The summed E-state index contributed by atoms with van der Waals surface area (Å²) in [4.78, 5) is 0. The summed E-state index contributed by atoms with van der Waals surface area (Å²) < 4.78 is 12.5. The minimum absolute atomic E-state index is 0.907. The summed E-state index contributed by atoms with van der Waals surface area (Å²) in [5.74, 6) is 1.81. The van der Waals surface area contributed by atoms with E-state index in [1.165, 1.54) is 3.51 Å². The van der Waals surface area contributed by atoms with Crippen LogP contribution in [0.25, 0.3) is 12.2 Å². The van der Waals surface area contributed by atoms with Crippen LogP contribution < -0.4 is 8.25 Å². The molecule has 24 heavy (non-hydrogen) atoms. The van der Waals surface area contributed by atoms with Gasteiger partial charge in [0.05, 0.1) is 0 Å². The van der Waals surface area contributed by atoms with Gasteiger partial charge in [-0.3, -0.25) is 0 Å². The standard InChI is InChI=1S/C16H12O.C6H5.Sb/c1-3-13-9-5-7-11-15(13)17-16-12-8-6-10-14(16)4-2;1-2-4-6-5-3-1;/h1-12H;1-5H;. The molecule has 1 nitrogen and oxygen atoms in total. The van der Waals surface area contributed by atoms with E-state index in [2.05, 4.69) is 74.8 Å². The topological polar surface area (TPSA) is 9.23 Å². The van der Waals surface area contributed by atoms with E-state index in [4.69, 9.17) is 4.74 Å². The maximum absolute atomic E-state index is 6.18. The van der Waals surface area contributed by atoms with E-state index >= 15 is 0 Å². The van der Waals surface area contributed by atoms with Crippen LogP contribution in [0.4, 0.5) is 0 Å². The van der Waals surface area contributed by atoms with Gasteiger partial charge in [0, 0.05) is 0 Å². The third-order valence-electron chi connectivity index (χ3n) is 3.94. The second-order valence-electron chi connectivity index (χ2n) is 5.55. The molecule has 3 aromatic rings. The molecule has 0 atom stereocenters. The fourth-order valence-corrected chi connectivity index (χ4v) is 7.26. The van der Waals surface area contributed by atoms with Gasteiger partial charge in [0.2, 0.25) is 0 Å². The van der Waals surface area contributed by atoms with Crippen molar-refractivity contribution in [3.63, 3.8) is 0 Å². The molecule has 0 saturated heterocycles. The average molecular weight is 419 g/mol. The summed E-state index contributed by atoms with van der Waals surface area (Å²) in [5, 5.41) is 0. The summed E-state index contributed by atoms with van der Waals surface area (Å²) >= 11 is -1.84. The molecule has 116 valence electrons. The first-order valence-corrected chi connectivity index (χ1v) is 12.2. The second-order valence-corrected chi connectivity index (χ2v) is 11.1. The quantitative estimate of drug-likeness (QED) is 0.505. The first-order chi connectivity index (χ1) is 11.9. The monoisotopic (exact) mass is 418 g/mol. The van der Waals surface area contributed by atoms with E-state index in [1.807, 2.05) is 24.3 Å². The Balaban J connectivity index is 1.85. The Labute approximate surface area is 149 Å². The van der Waals surface area contributed by atoms with Crippen LogP contribution in [0.5, 0.6) is 11.5 Å². The molecular weight excluding hydrogens is 402 g/mol. The van der Waals surface area contributed by atoms with Gasteiger partial charge < -0.3 is 0 Å². The molecule has 0 amide bonds. The van der Waals surface area contributed by atoms with Gasteiger partial charge in [-0.15, -0.1) is 0 Å². The molecule has 4 rings (SSSR count). The Morgan fingerprint density at radius 2 is 1.04 bits per heavy atom. The van der Waals surface area contributed by atoms with Crippen molar-refractivity contribution in [3.05, 3.63) is 98.0 Å². The molecule has 0 N–H and O–H groups in total. The minimum atomic E-state index is -1.84. The van der Waals surface area contributed by atoms with Crippen LogP contribution >= 0.6 is 0 Å². The molecule has 0 unspecified atom stereocenters. The molecule has 0 aromatic heterocycles. The molecule has 0 spiro atoms. The van der Waals surface area contributed by atoms with Crippen molar-refractivity contribution in [2.75, 3.05) is 0 Å². The number of hydrogen-bond acceptors (Lipinski definition) is 1. The second kappa shape index (κ2) is 7.11. The van der Waals surface area contributed by atoms with Gasteiger partial charge in [0.15, 0.2) is 0 Å². The Morgan fingerprint density at radius 3 is 1.62 bits per heavy atom. The number of hydrogen-bond donors (Lipinski definition) is 0. The zero-order valence-electron chi connectivity index (χ0n) is 13.2. The number of fused-ring (bicyclic) bond motifs is 2. The average Bonchev–Trinajstić information content (AvgIpc) is 2.65. The molecule has 0 saturated carbocycles. The molecule has 0 aliphatic carbocycles. The molecular formula is C22H17OSb. The molecule has 0 radical (unpaired) electrons. The molecule has 2 heteroatoms. The van der Waals surface area contributed by atoms with Crippen LogP contribution in [0.15, 0.2) is 86.9 Å². The van der Waals surface area contributed by atoms with Gasteiger partial charge in [0.25, 0.3) is 0 Å². The van der Waals surface area contributed by atoms with Gasteiger partial charge in [-0.2, -0.15) is 0 Å². The van der Waals surface area contributed by atoms with Crippen molar-refractivity contribution in [2.45, 2.75) is 0 Å². The van der Waals surface area contributed by atoms with Gasteiger partial charge in [-0.25, -0.2) is 0 Å². The molecule has 1 aliphatic rings. The van der Waals surface area contributed by atoms with Crippen LogP contribution in [0.1, 0.15) is 11.1 Å². The van der Waals surface area contributed by atoms with E-state index in [0.29, 0.717) is 0 Å². The summed E-state index contributed by atoms with van der Waals surface area (Å²) in [5.41, 5.74) is 2.26. The van der Waals surface area contributed by atoms with E-state index in [0.717, 1.165) is 22.6 Å². The fraction of sp³-hybridized carbons (Fsp3) is 0. The van der Waals surface area contributed by atoms with E-state index in [1.54, 1.807) is 0 Å². The van der Waals surface area contributed by atoms with Crippen LogP contribution in [-0.4, -0.2) is 20.2 Å². The van der Waals surface area contributed by atoms with Gasteiger partial charge in [-0.05, 0) is 0 Å². The third kappa shape index (κ3) is 3.32. The maximum atomic E-state index is 6.18. The van der Waals surface area contributed by atoms with E-state index in [9.17, 15) is 0 Å². The molecule has 3 aromatic carbocycles. The van der Waals surface area contributed by atoms with Gasteiger partial charge >= 0.3 is 150 Å². The number of benzene rings is 3. The Bertz CT molecular complexity index is 841. The van der Waals surface area contributed by atoms with Crippen molar-refractivity contribution < 1.29 is 4.74 Å². The normalized spacial score (nSPS) is 16.3. The van der Waals surface area contributed by atoms with Crippen LogP contribution in [0.2, 0.25) is 0 Å². The molecule has 1 heterocycles. The summed E-state index contributed by atoms with van der Waals surface area (Å²) in [6.07, 6.45) is 4.45. The fourth-order valence-electron chi connectivity index (χ4n) is 2.68. The first-order valence-electron chi connectivity index (χ1n) is 7.96. The van der Waals surface area contributed by atoms with Gasteiger partial charge in [-0.1, -0.05) is 0 Å². The SMILES string of the molecule is C1=[CH]\[Sb]([c]2ccccc2)/[CH]=C\c2ccccc2Oc2ccccc2/1. The molecule has 1 aliphatic heterocycles. The zero-order chi connectivity index (χ0) is 16.2. The third-order valence-corrected chi connectivity index (χ3v) is 9.18. The number of para-hydroxylation sites is 2. The van der Waals surface area contributed by atoms with E-state index in [-0.39, 0.29) is 0 Å². The van der Waals surface area contributed by atoms with Crippen molar-refractivity contribution in [2.24, 2.45) is 0 Å². The Morgan fingerprint density at radius 1 is 0.542 bits per heavy atom. The van der Waals surface area contributed by atoms with Crippen LogP contribution in [0, 0.1) is 0 Å². The molecule has 0 bridgehead atoms. The predicted molar refractivity (Wildman–Crippen MR) is 103 cm³/mol. The van der Waals surface area contributed by atoms with Crippen molar-refractivity contribution in [3.8, 4) is 11.5 Å². The Hall–Kier alpha value is -2.24. The summed E-state index contributed by atoms with van der Waals surface area (Å²) in [7, 11) is 0. The van der Waals surface area contributed by atoms with E-state index < -0.39 is 20.2 Å². The molecule has 0 fully saturated rings. The van der Waals surface area contributed by atoms with Crippen LogP contribution in [0.3, 0.4) is 0 Å². The van der Waals surface area contributed by atoms with Crippen molar-refractivity contribution >= 4 is 35.9 Å². The van der Waals surface area contributed by atoms with Crippen LogP contribution in [-0.2, 0) is 0 Å². The van der Waals surface area contributed by atoms with Crippen molar-refractivity contribution in [1.82, 2.24) is 0 Å². The summed E-state index contributed by atoms with van der Waals surface area (Å²) in [6.45, 7) is 0. The number of rotatable bonds is 1. The summed E-state index contributed by atoms with van der Waals surface area (Å²) in [6, 6.07) is 27.3. The zero-order valence-corrected chi connectivity index (χ0v) is 15.7.